The van der Waals surface area contributed by atoms with Gasteiger partial charge in [0, 0.05) is 6.20 Å². The number of benzene rings is 1. The molecule has 0 unspecified atom stereocenters. The Morgan fingerprint density at radius 2 is 2.09 bits per heavy atom. The van der Waals surface area contributed by atoms with E-state index in [9.17, 15) is 14.4 Å². The molecule has 3 heterocycles. The molecular formula is C20H19FN10O. The number of nitriles is 1. The van der Waals surface area contributed by atoms with E-state index in [1.54, 1.807) is 13.0 Å². The van der Waals surface area contributed by atoms with Crippen LogP contribution in [0.5, 0.6) is 0 Å². The molecule has 162 valence electrons. The van der Waals surface area contributed by atoms with Crippen LogP contribution in [0.3, 0.4) is 0 Å². The van der Waals surface area contributed by atoms with E-state index < -0.39 is 17.4 Å². The second kappa shape index (κ2) is 7.95. The lowest BCUT2D eigenvalue weighted by atomic mass is 10.1. The van der Waals surface area contributed by atoms with Crippen molar-refractivity contribution in [3.05, 3.63) is 57.6 Å². The molecule has 0 saturated carbocycles. The summed E-state index contributed by atoms with van der Waals surface area (Å²) < 4.78 is 15.9. The zero-order chi connectivity index (χ0) is 23.0. The minimum atomic E-state index is -0.670. The number of fused-ring (bicyclic) bond motifs is 1. The van der Waals surface area contributed by atoms with Gasteiger partial charge in [-0.1, -0.05) is 13.0 Å². The minimum Gasteiger partial charge on any atom is -0.382 e. The number of aromatic amines is 1. The highest BCUT2D eigenvalue weighted by atomic mass is 19.1. The number of halogens is 1. The van der Waals surface area contributed by atoms with E-state index in [1.165, 1.54) is 23.0 Å². The highest BCUT2D eigenvalue weighted by Crippen LogP contribution is 2.28. The molecule has 0 amide bonds. The van der Waals surface area contributed by atoms with Crippen LogP contribution in [-0.2, 0) is 0 Å². The number of hydrogen-bond acceptors (Lipinski definition) is 9. The molecule has 12 heteroatoms. The Morgan fingerprint density at radius 3 is 2.75 bits per heavy atom. The molecular weight excluding hydrogens is 415 g/mol. The average molecular weight is 434 g/mol. The van der Waals surface area contributed by atoms with E-state index in [0.717, 1.165) is 0 Å². The first-order chi connectivity index (χ1) is 15.3. The van der Waals surface area contributed by atoms with Gasteiger partial charge >= 0.3 is 0 Å². The lowest BCUT2D eigenvalue weighted by Gasteiger charge is -2.22. The average Bonchev–Trinajstić information content (AvgIpc) is 3.28. The Kier molecular flexibility index (Phi) is 5.15. The highest BCUT2D eigenvalue weighted by molar-refractivity contribution is 5.82. The fourth-order valence-corrected chi connectivity index (χ4v) is 3.47. The smallest absolute Gasteiger partial charge is 0.269 e. The Morgan fingerprint density at radius 1 is 1.31 bits per heavy atom. The number of anilines is 3. The predicted molar refractivity (Wildman–Crippen MR) is 116 cm³/mol. The Bertz CT molecular complexity index is 1420. The van der Waals surface area contributed by atoms with Crippen LogP contribution in [0.4, 0.5) is 22.0 Å². The molecule has 0 spiro atoms. The van der Waals surface area contributed by atoms with Crippen LogP contribution in [0.15, 0.2) is 29.3 Å². The second-order valence-corrected chi connectivity index (χ2v) is 7.06. The van der Waals surface area contributed by atoms with Crippen molar-refractivity contribution in [1.29, 1.82) is 5.26 Å². The van der Waals surface area contributed by atoms with Gasteiger partial charge in [-0.05, 0) is 25.0 Å². The molecule has 0 aliphatic heterocycles. The molecule has 1 aromatic carbocycles. The maximum atomic E-state index is 14.6. The summed E-state index contributed by atoms with van der Waals surface area (Å²) in [6.07, 6.45) is 3.36. The van der Waals surface area contributed by atoms with Crippen molar-refractivity contribution in [3.8, 4) is 11.8 Å². The number of H-pyrrole nitrogens is 1. The van der Waals surface area contributed by atoms with Crippen LogP contribution < -0.4 is 22.3 Å². The zero-order valence-electron chi connectivity index (χ0n) is 17.2. The molecule has 32 heavy (non-hydrogen) atoms. The molecule has 0 aliphatic rings. The van der Waals surface area contributed by atoms with Crippen LogP contribution in [0.1, 0.15) is 36.3 Å². The van der Waals surface area contributed by atoms with Gasteiger partial charge in [0.05, 0.1) is 23.4 Å². The molecule has 11 nitrogen and oxygen atoms in total. The van der Waals surface area contributed by atoms with E-state index in [1.807, 2.05) is 13.0 Å². The first kappa shape index (κ1) is 20.7. The number of aromatic nitrogens is 6. The highest BCUT2D eigenvalue weighted by Gasteiger charge is 2.24. The third-order valence-electron chi connectivity index (χ3n) is 5.04. The summed E-state index contributed by atoms with van der Waals surface area (Å²) >= 11 is 0. The van der Waals surface area contributed by atoms with E-state index >= 15 is 0 Å². The third-order valence-corrected chi connectivity index (χ3v) is 5.04. The number of nitrogens with zero attached hydrogens (tertiary/aromatic N) is 6. The third kappa shape index (κ3) is 3.35. The predicted octanol–water partition coefficient (Wildman–Crippen LogP) is 1.95. The number of nitrogens with two attached hydrogens (primary N) is 2. The lowest BCUT2D eigenvalue weighted by molar-refractivity contribution is 0.629. The maximum absolute atomic E-state index is 14.6. The lowest BCUT2D eigenvalue weighted by Crippen LogP contribution is -2.29. The summed E-state index contributed by atoms with van der Waals surface area (Å²) in [5.41, 5.74) is 12.2. The second-order valence-electron chi connectivity index (χ2n) is 7.06. The summed E-state index contributed by atoms with van der Waals surface area (Å²) in [5.74, 6) is -0.478. The number of aryl methyl sites for hydroxylation is 1. The topological polar surface area (TPSA) is 177 Å². The summed E-state index contributed by atoms with van der Waals surface area (Å²) in [7, 11) is 0. The van der Waals surface area contributed by atoms with Gasteiger partial charge in [0.25, 0.3) is 5.56 Å². The summed E-state index contributed by atoms with van der Waals surface area (Å²) in [4.78, 5) is 26.0. The molecule has 3 aromatic heterocycles. The molecule has 4 rings (SSSR count). The van der Waals surface area contributed by atoms with Gasteiger partial charge in [0.2, 0.25) is 5.95 Å². The summed E-state index contributed by atoms with van der Waals surface area (Å²) in [6.45, 7) is 3.60. The monoisotopic (exact) mass is 434 g/mol. The molecule has 6 N–H and O–H groups in total. The first-order valence-electron chi connectivity index (χ1n) is 9.66. The van der Waals surface area contributed by atoms with E-state index in [-0.39, 0.29) is 39.9 Å². The van der Waals surface area contributed by atoms with Gasteiger partial charge < -0.3 is 16.8 Å². The van der Waals surface area contributed by atoms with Crippen molar-refractivity contribution in [2.24, 2.45) is 0 Å². The van der Waals surface area contributed by atoms with Crippen LogP contribution in [0.25, 0.3) is 16.6 Å². The zero-order valence-corrected chi connectivity index (χ0v) is 17.2. The first-order valence-corrected chi connectivity index (χ1v) is 9.66. The normalized spacial score (nSPS) is 11.9. The standard InChI is InChI=1S/C20H19FN10O/c1-3-13(27-17-11(6-22)16(23)29-20(24)30-17)18-28-15-9(2)4-5-12(21)14(15)19(32)31(18)10-7-25-26-8-10/h4-5,7-8,13H,3H2,1-2H3,(H,25,26)(H5,23,24,27,29,30)/t13-/m0/s1. The van der Waals surface area contributed by atoms with Gasteiger partial charge in [0.15, 0.2) is 5.82 Å². The van der Waals surface area contributed by atoms with Crippen molar-refractivity contribution in [2.45, 2.75) is 26.3 Å². The summed E-state index contributed by atoms with van der Waals surface area (Å²) in [6, 6.07) is 4.13. The molecule has 1 atom stereocenters. The molecule has 0 radical (unpaired) electrons. The van der Waals surface area contributed by atoms with Crippen LogP contribution in [0, 0.1) is 24.1 Å². The van der Waals surface area contributed by atoms with Gasteiger partial charge in [0.1, 0.15) is 34.5 Å². The fraction of sp³-hybridized carbons (Fsp3) is 0.200. The fourth-order valence-electron chi connectivity index (χ4n) is 3.47. The van der Waals surface area contributed by atoms with Crippen molar-refractivity contribution < 1.29 is 4.39 Å². The number of hydrogen-bond donors (Lipinski definition) is 4. The minimum absolute atomic E-state index is 0.0119. The maximum Gasteiger partial charge on any atom is 0.269 e. The molecule has 0 saturated heterocycles. The number of rotatable bonds is 5. The molecule has 0 bridgehead atoms. The van der Waals surface area contributed by atoms with Gasteiger partial charge in [-0.3, -0.25) is 14.5 Å². The van der Waals surface area contributed by atoms with Crippen LogP contribution >= 0.6 is 0 Å². The van der Waals surface area contributed by atoms with E-state index in [0.29, 0.717) is 17.7 Å². The van der Waals surface area contributed by atoms with Crippen molar-refractivity contribution >= 4 is 28.5 Å². The van der Waals surface area contributed by atoms with Crippen LogP contribution in [-0.4, -0.2) is 29.7 Å². The largest absolute Gasteiger partial charge is 0.382 e. The van der Waals surface area contributed by atoms with Gasteiger partial charge in [-0.25, -0.2) is 9.37 Å². The molecule has 0 aliphatic carbocycles. The van der Waals surface area contributed by atoms with Gasteiger partial charge in [-0.15, -0.1) is 0 Å². The van der Waals surface area contributed by atoms with E-state index in [2.05, 4.69) is 30.5 Å². The number of nitrogen functional groups attached to an aromatic ring is 2. The summed E-state index contributed by atoms with van der Waals surface area (Å²) in [5, 5.41) is 19.0. The Balaban J connectivity index is 1.99. The molecule has 4 aromatic rings. The molecule has 0 fully saturated rings. The van der Waals surface area contributed by atoms with Crippen molar-refractivity contribution in [2.75, 3.05) is 16.8 Å². The number of nitrogens with one attached hydrogen (secondary N) is 2. The van der Waals surface area contributed by atoms with Gasteiger partial charge in [-0.2, -0.15) is 20.3 Å². The van der Waals surface area contributed by atoms with Crippen molar-refractivity contribution in [3.63, 3.8) is 0 Å². The Hall–Kier alpha value is -4.53. The van der Waals surface area contributed by atoms with E-state index in [4.69, 9.17) is 11.5 Å². The quantitative estimate of drug-likeness (QED) is 0.365. The Labute approximate surface area is 180 Å². The SMILES string of the molecule is CC[C@H](Nc1nc(N)nc(N)c1C#N)c1nc2c(C)ccc(F)c2c(=O)n1-c1cn[nH]c1. The van der Waals surface area contributed by atoms with Crippen LogP contribution in [0.2, 0.25) is 0 Å². The van der Waals surface area contributed by atoms with Crippen molar-refractivity contribution in [1.82, 2.24) is 29.7 Å².